The molecular weight excluding hydrogens is 198 g/mol. The first kappa shape index (κ1) is 11.0. The van der Waals surface area contributed by atoms with E-state index in [0.29, 0.717) is 11.4 Å². The molecule has 1 atom stereocenters. The van der Waals surface area contributed by atoms with Crippen LogP contribution in [0, 0.1) is 18.6 Å². The van der Waals surface area contributed by atoms with Crippen LogP contribution in [0.15, 0.2) is 12.3 Å². The smallest absolute Gasteiger partial charge is 0.126 e. The fourth-order valence-corrected chi connectivity index (χ4v) is 1.87. The molecule has 1 unspecified atom stereocenters. The van der Waals surface area contributed by atoms with Crippen LogP contribution >= 0.6 is 0 Å². The number of aromatic nitrogens is 1. The van der Waals surface area contributed by atoms with Crippen molar-refractivity contribution in [2.75, 3.05) is 10.5 Å². The maximum Gasteiger partial charge on any atom is 0.126 e. The molecule has 1 aromatic heterocycles. The van der Waals surface area contributed by atoms with Gasteiger partial charge in [0.25, 0.3) is 0 Å². The van der Waals surface area contributed by atoms with Crippen molar-refractivity contribution in [1.29, 1.82) is 4.78 Å². The molecular formula is C9H15N3OS. The number of aryl methyl sites for hydroxylation is 2. The number of nitrogens with zero attached hydrogens (tertiary/aromatic N) is 1. The SMILES string of the molecule is CCS(=N)(=O)Nc1c(C)ccnc1C. The van der Waals surface area contributed by atoms with E-state index >= 15 is 0 Å². The van der Waals surface area contributed by atoms with Crippen LogP contribution in [-0.4, -0.2) is 14.9 Å². The molecule has 4 nitrogen and oxygen atoms in total. The van der Waals surface area contributed by atoms with Gasteiger partial charge >= 0.3 is 0 Å². The molecule has 14 heavy (non-hydrogen) atoms. The van der Waals surface area contributed by atoms with Gasteiger partial charge in [-0.1, -0.05) is 6.92 Å². The Morgan fingerprint density at radius 2 is 2.21 bits per heavy atom. The molecule has 2 N–H and O–H groups in total. The van der Waals surface area contributed by atoms with Gasteiger partial charge in [0.1, 0.15) is 9.92 Å². The third-order valence-electron chi connectivity index (χ3n) is 2.02. The van der Waals surface area contributed by atoms with Gasteiger partial charge in [-0.2, -0.15) is 0 Å². The molecule has 0 amide bonds. The number of nitrogens with one attached hydrogen (secondary N) is 2. The average molecular weight is 213 g/mol. The summed E-state index contributed by atoms with van der Waals surface area (Å²) in [5, 5.41) is 0. The molecule has 0 spiro atoms. The van der Waals surface area contributed by atoms with Gasteiger partial charge in [0, 0.05) is 11.9 Å². The summed E-state index contributed by atoms with van der Waals surface area (Å²) < 4.78 is 21.8. The second kappa shape index (κ2) is 3.96. The second-order valence-electron chi connectivity index (χ2n) is 3.15. The van der Waals surface area contributed by atoms with Crippen molar-refractivity contribution in [3.05, 3.63) is 23.5 Å². The number of anilines is 1. The summed E-state index contributed by atoms with van der Waals surface area (Å²) in [4.78, 5) is 4.09. The summed E-state index contributed by atoms with van der Waals surface area (Å²) in [7, 11) is -2.71. The molecule has 0 saturated carbocycles. The molecule has 0 bridgehead atoms. The topological polar surface area (TPSA) is 65.8 Å². The Kier molecular flexibility index (Phi) is 3.10. The molecule has 0 aliphatic rings. The molecule has 0 saturated heterocycles. The number of rotatable bonds is 3. The lowest BCUT2D eigenvalue weighted by Gasteiger charge is -2.12. The van der Waals surface area contributed by atoms with Gasteiger partial charge in [-0.15, -0.1) is 0 Å². The summed E-state index contributed by atoms with van der Waals surface area (Å²) in [6.45, 7) is 5.46. The summed E-state index contributed by atoms with van der Waals surface area (Å²) in [6, 6.07) is 1.83. The van der Waals surface area contributed by atoms with E-state index in [1.54, 1.807) is 13.1 Å². The van der Waals surface area contributed by atoms with Crippen molar-refractivity contribution in [3.63, 3.8) is 0 Å². The minimum atomic E-state index is -2.71. The molecule has 0 fully saturated rings. The third-order valence-corrected chi connectivity index (χ3v) is 3.37. The minimum absolute atomic E-state index is 0.292. The van der Waals surface area contributed by atoms with Crippen LogP contribution < -0.4 is 4.72 Å². The Hall–Kier alpha value is -1.10. The first-order valence-electron chi connectivity index (χ1n) is 4.42. The normalized spacial score (nSPS) is 14.8. The zero-order valence-corrected chi connectivity index (χ0v) is 9.44. The third kappa shape index (κ3) is 2.45. The van der Waals surface area contributed by atoms with Gasteiger partial charge in [0.2, 0.25) is 0 Å². The molecule has 78 valence electrons. The number of hydrogen-bond donors (Lipinski definition) is 2. The Labute approximate surface area is 84.9 Å². The predicted molar refractivity (Wildman–Crippen MR) is 58.7 cm³/mol. The maximum atomic E-state index is 11.6. The molecule has 0 aliphatic carbocycles. The molecule has 1 rings (SSSR count). The van der Waals surface area contributed by atoms with Gasteiger partial charge in [-0.25, -0.2) is 8.99 Å². The standard InChI is InChI=1S/C9H15N3OS/c1-4-14(10,13)12-9-7(2)5-6-11-8(9)3/h5-6H,4H2,1-3H3,(H2,10,12,13). The largest absolute Gasteiger partial charge is 0.297 e. The van der Waals surface area contributed by atoms with Crippen molar-refractivity contribution in [1.82, 2.24) is 4.98 Å². The van der Waals surface area contributed by atoms with Crippen LogP contribution in [0.2, 0.25) is 0 Å². The zero-order chi connectivity index (χ0) is 10.8. The van der Waals surface area contributed by atoms with Crippen LogP contribution in [0.25, 0.3) is 0 Å². The predicted octanol–water partition coefficient (Wildman–Crippen LogP) is 2.09. The van der Waals surface area contributed by atoms with Crippen LogP contribution in [0.1, 0.15) is 18.2 Å². The van der Waals surface area contributed by atoms with Gasteiger partial charge in [-0.3, -0.25) is 9.71 Å². The Balaban J connectivity index is 3.09. The minimum Gasteiger partial charge on any atom is -0.297 e. The fourth-order valence-electron chi connectivity index (χ4n) is 1.09. The maximum absolute atomic E-state index is 11.6. The van der Waals surface area contributed by atoms with Crippen LogP contribution in [0.5, 0.6) is 0 Å². The Morgan fingerprint density at radius 1 is 1.57 bits per heavy atom. The molecule has 1 heterocycles. The van der Waals surface area contributed by atoms with E-state index in [0.717, 1.165) is 11.3 Å². The second-order valence-corrected chi connectivity index (χ2v) is 5.29. The average Bonchev–Trinajstić information content (AvgIpc) is 2.12. The van der Waals surface area contributed by atoms with Gasteiger partial charge in [0.15, 0.2) is 0 Å². The van der Waals surface area contributed by atoms with E-state index in [2.05, 4.69) is 9.71 Å². The molecule has 0 radical (unpaired) electrons. The highest BCUT2D eigenvalue weighted by atomic mass is 32.2. The fraction of sp³-hybridized carbons (Fsp3) is 0.444. The van der Waals surface area contributed by atoms with Crippen LogP contribution in [0.4, 0.5) is 5.69 Å². The highest BCUT2D eigenvalue weighted by molar-refractivity contribution is 7.93. The lowest BCUT2D eigenvalue weighted by molar-refractivity contribution is 0.679. The van der Waals surface area contributed by atoms with Crippen molar-refractivity contribution < 1.29 is 4.21 Å². The van der Waals surface area contributed by atoms with Crippen LogP contribution in [-0.2, 0) is 9.92 Å². The zero-order valence-electron chi connectivity index (χ0n) is 8.63. The van der Waals surface area contributed by atoms with Gasteiger partial charge < -0.3 is 0 Å². The summed E-state index contributed by atoms with van der Waals surface area (Å²) in [5.74, 6) is 0.292. The molecule has 5 heteroatoms. The van der Waals surface area contributed by atoms with E-state index in [1.165, 1.54) is 0 Å². The number of pyridine rings is 1. The van der Waals surface area contributed by atoms with Crippen LogP contribution in [0.3, 0.4) is 0 Å². The summed E-state index contributed by atoms with van der Waals surface area (Å²) in [5.41, 5.74) is 2.46. The van der Waals surface area contributed by atoms with Crippen molar-refractivity contribution in [2.24, 2.45) is 0 Å². The Morgan fingerprint density at radius 3 is 2.71 bits per heavy atom. The lowest BCUT2D eigenvalue weighted by Crippen LogP contribution is -2.15. The van der Waals surface area contributed by atoms with Crippen molar-refractivity contribution in [3.8, 4) is 0 Å². The van der Waals surface area contributed by atoms with E-state index in [-0.39, 0.29) is 0 Å². The number of hydrogen-bond acceptors (Lipinski definition) is 3. The highest BCUT2D eigenvalue weighted by Crippen LogP contribution is 2.18. The van der Waals surface area contributed by atoms with Gasteiger partial charge in [0.05, 0.1) is 11.4 Å². The molecule has 0 aromatic carbocycles. The van der Waals surface area contributed by atoms with E-state index in [4.69, 9.17) is 4.78 Å². The summed E-state index contributed by atoms with van der Waals surface area (Å²) >= 11 is 0. The Bertz CT molecular complexity index is 405. The molecule has 1 aromatic rings. The van der Waals surface area contributed by atoms with Crippen molar-refractivity contribution >= 4 is 15.6 Å². The van der Waals surface area contributed by atoms with E-state index < -0.39 is 9.92 Å². The van der Waals surface area contributed by atoms with E-state index in [1.807, 2.05) is 19.9 Å². The first-order chi connectivity index (χ1) is 6.46. The van der Waals surface area contributed by atoms with E-state index in [9.17, 15) is 4.21 Å². The summed E-state index contributed by atoms with van der Waals surface area (Å²) in [6.07, 6.45) is 1.70. The quantitative estimate of drug-likeness (QED) is 0.807. The molecule has 0 aliphatic heterocycles. The van der Waals surface area contributed by atoms with Crippen molar-refractivity contribution in [2.45, 2.75) is 20.8 Å². The monoisotopic (exact) mass is 213 g/mol. The highest BCUT2D eigenvalue weighted by Gasteiger charge is 2.08. The lowest BCUT2D eigenvalue weighted by atomic mass is 10.2. The van der Waals surface area contributed by atoms with Gasteiger partial charge in [-0.05, 0) is 25.5 Å². The first-order valence-corrected chi connectivity index (χ1v) is 6.15.